The van der Waals surface area contributed by atoms with E-state index in [1.807, 2.05) is 24.2 Å². The van der Waals surface area contributed by atoms with Gasteiger partial charge in [-0.2, -0.15) is 5.10 Å². The Bertz CT molecular complexity index is 313. The molecule has 2 atom stereocenters. The van der Waals surface area contributed by atoms with Crippen molar-refractivity contribution in [1.29, 1.82) is 0 Å². The molecule has 70 valence electrons. The van der Waals surface area contributed by atoms with Crippen molar-refractivity contribution in [2.24, 2.45) is 11.0 Å². The van der Waals surface area contributed by atoms with Crippen LogP contribution < -0.4 is 0 Å². The molecule has 5 heteroatoms. The third-order valence-electron chi connectivity index (χ3n) is 2.40. The standard InChI is InChI=1S/C8H10ClN3O/c1-11-4-3-5-6(11)8(13)12(2)10-7(5)9/h3-6H,1-2H3. The predicted octanol–water partition coefficient (Wildman–Crippen LogP) is 0.455. The van der Waals surface area contributed by atoms with Crippen molar-refractivity contribution >= 4 is 22.7 Å². The van der Waals surface area contributed by atoms with E-state index in [1.54, 1.807) is 7.05 Å². The minimum atomic E-state index is -0.199. The molecule has 0 spiro atoms. The van der Waals surface area contributed by atoms with E-state index in [2.05, 4.69) is 5.10 Å². The summed E-state index contributed by atoms with van der Waals surface area (Å²) in [6.07, 6.45) is 3.77. The number of carbonyl (C=O) groups excluding carboxylic acids is 1. The maximum atomic E-state index is 11.6. The van der Waals surface area contributed by atoms with Gasteiger partial charge in [0.1, 0.15) is 11.2 Å². The van der Waals surface area contributed by atoms with Crippen LogP contribution in [0.5, 0.6) is 0 Å². The summed E-state index contributed by atoms with van der Waals surface area (Å²) < 4.78 is 0. The van der Waals surface area contributed by atoms with Gasteiger partial charge in [-0.1, -0.05) is 17.7 Å². The molecule has 1 amide bonds. The molecule has 0 N–H and O–H groups in total. The Hall–Kier alpha value is -1.03. The van der Waals surface area contributed by atoms with Crippen LogP contribution in [0, 0.1) is 5.92 Å². The van der Waals surface area contributed by atoms with Crippen molar-refractivity contribution in [1.82, 2.24) is 9.91 Å². The highest BCUT2D eigenvalue weighted by atomic mass is 35.5. The van der Waals surface area contributed by atoms with E-state index in [1.165, 1.54) is 5.01 Å². The molecule has 2 rings (SSSR count). The van der Waals surface area contributed by atoms with E-state index >= 15 is 0 Å². The molecule has 0 fully saturated rings. The Kier molecular flexibility index (Phi) is 1.80. The smallest absolute Gasteiger partial charge is 0.266 e. The summed E-state index contributed by atoms with van der Waals surface area (Å²) in [6, 6.07) is -0.199. The minimum Gasteiger partial charge on any atom is -0.368 e. The normalized spacial score (nSPS) is 32.2. The first kappa shape index (κ1) is 8.56. The summed E-state index contributed by atoms with van der Waals surface area (Å²) in [5.41, 5.74) is 0. The monoisotopic (exact) mass is 199 g/mol. The van der Waals surface area contributed by atoms with Gasteiger partial charge in [0, 0.05) is 14.1 Å². The van der Waals surface area contributed by atoms with Gasteiger partial charge in [0.15, 0.2) is 0 Å². The molecule has 0 radical (unpaired) electrons. The fourth-order valence-corrected chi connectivity index (χ4v) is 1.97. The van der Waals surface area contributed by atoms with E-state index in [4.69, 9.17) is 11.6 Å². The van der Waals surface area contributed by atoms with Crippen LogP contribution in [-0.4, -0.2) is 41.1 Å². The molecule has 0 saturated carbocycles. The van der Waals surface area contributed by atoms with Crippen LogP contribution >= 0.6 is 11.6 Å². The van der Waals surface area contributed by atoms with Gasteiger partial charge in [0.25, 0.3) is 5.91 Å². The molecule has 0 aromatic carbocycles. The molecule has 2 heterocycles. The largest absolute Gasteiger partial charge is 0.368 e. The number of fused-ring (bicyclic) bond motifs is 1. The quantitative estimate of drug-likeness (QED) is 0.568. The van der Waals surface area contributed by atoms with Crippen LogP contribution in [0.15, 0.2) is 17.4 Å². The highest BCUT2D eigenvalue weighted by Gasteiger charge is 2.41. The Labute approximate surface area is 81.4 Å². The van der Waals surface area contributed by atoms with Crippen molar-refractivity contribution in [2.75, 3.05) is 14.1 Å². The van der Waals surface area contributed by atoms with Crippen LogP contribution in [0.2, 0.25) is 0 Å². The molecular formula is C8H10ClN3O. The van der Waals surface area contributed by atoms with E-state index in [0.29, 0.717) is 5.17 Å². The average molecular weight is 200 g/mol. The van der Waals surface area contributed by atoms with Crippen molar-refractivity contribution < 1.29 is 4.79 Å². The molecule has 4 nitrogen and oxygen atoms in total. The molecule has 0 saturated heterocycles. The second-order valence-corrected chi connectivity index (χ2v) is 3.65. The lowest BCUT2D eigenvalue weighted by atomic mass is 10.0. The van der Waals surface area contributed by atoms with Crippen LogP contribution in [0.4, 0.5) is 0 Å². The van der Waals surface area contributed by atoms with Crippen molar-refractivity contribution in [3.05, 3.63) is 12.3 Å². The van der Waals surface area contributed by atoms with E-state index in [0.717, 1.165) is 0 Å². The molecule has 13 heavy (non-hydrogen) atoms. The zero-order valence-corrected chi connectivity index (χ0v) is 8.19. The van der Waals surface area contributed by atoms with Crippen LogP contribution in [0.25, 0.3) is 0 Å². The van der Waals surface area contributed by atoms with Crippen molar-refractivity contribution in [2.45, 2.75) is 6.04 Å². The Morgan fingerprint density at radius 2 is 2.23 bits per heavy atom. The molecule has 0 aromatic rings. The minimum absolute atomic E-state index is 0.0121. The zero-order valence-electron chi connectivity index (χ0n) is 7.44. The first-order valence-electron chi connectivity index (χ1n) is 4.03. The molecule has 2 unspecified atom stereocenters. The topological polar surface area (TPSA) is 35.9 Å². The lowest BCUT2D eigenvalue weighted by molar-refractivity contribution is -0.135. The van der Waals surface area contributed by atoms with Crippen LogP contribution in [0.1, 0.15) is 0 Å². The number of carbonyl (C=O) groups is 1. The lowest BCUT2D eigenvalue weighted by Crippen LogP contribution is -2.48. The van der Waals surface area contributed by atoms with Crippen molar-refractivity contribution in [3.63, 3.8) is 0 Å². The maximum absolute atomic E-state index is 11.6. The number of hydrogen-bond acceptors (Lipinski definition) is 3. The number of halogens is 1. The number of amides is 1. The number of nitrogens with zero attached hydrogens (tertiary/aromatic N) is 3. The Balaban J connectivity index is 2.38. The highest BCUT2D eigenvalue weighted by molar-refractivity contribution is 6.66. The summed E-state index contributed by atoms with van der Waals surface area (Å²) in [5, 5.41) is 5.71. The number of hydrazone groups is 1. The summed E-state index contributed by atoms with van der Waals surface area (Å²) in [5.74, 6) is -0.0720. The zero-order chi connectivity index (χ0) is 9.59. The summed E-state index contributed by atoms with van der Waals surface area (Å²) in [6.45, 7) is 0. The first-order chi connectivity index (χ1) is 6.11. The molecule has 2 aliphatic rings. The Morgan fingerprint density at radius 3 is 2.92 bits per heavy atom. The van der Waals surface area contributed by atoms with Gasteiger partial charge in [-0.05, 0) is 6.20 Å². The summed E-state index contributed by atoms with van der Waals surface area (Å²) >= 11 is 5.92. The van der Waals surface area contributed by atoms with Gasteiger partial charge in [0.05, 0.1) is 5.92 Å². The van der Waals surface area contributed by atoms with E-state index in [-0.39, 0.29) is 17.9 Å². The third kappa shape index (κ3) is 1.13. The number of likely N-dealkylation sites (N-methyl/N-ethyl adjacent to an activating group) is 2. The first-order valence-corrected chi connectivity index (χ1v) is 4.41. The fourth-order valence-electron chi connectivity index (χ4n) is 1.67. The van der Waals surface area contributed by atoms with Gasteiger partial charge < -0.3 is 4.90 Å². The van der Waals surface area contributed by atoms with E-state index in [9.17, 15) is 4.79 Å². The highest BCUT2D eigenvalue weighted by Crippen LogP contribution is 2.27. The fraction of sp³-hybridized carbons (Fsp3) is 0.500. The van der Waals surface area contributed by atoms with Gasteiger partial charge in [-0.15, -0.1) is 0 Å². The Morgan fingerprint density at radius 1 is 1.54 bits per heavy atom. The molecular weight excluding hydrogens is 190 g/mol. The molecule has 2 aliphatic heterocycles. The van der Waals surface area contributed by atoms with Gasteiger partial charge >= 0.3 is 0 Å². The number of rotatable bonds is 0. The summed E-state index contributed by atoms with van der Waals surface area (Å²) in [4.78, 5) is 13.5. The SMILES string of the molecule is CN1N=C(Cl)C2C=CN(C)C2C1=O. The van der Waals surface area contributed by atoms with Crippen LogP contribution in [0.3, 0.4) is 0 Å². The van der Waals surface area contributed by atoms with Crippen LogP contribution in [-0.2, 0) is 4.79 Å². The van der Waals surface area contributed by atoms with E-state index < -0.39 is 0 Å². The van der Waals surface area contributed by atoms with Gasteiger partial charge in [0.2, 0.25) is 0 Å². The third-order valence-corrected chi connectivity index (χ3v) is 2.73. The van der Waals surface area contributed by atoms with Gasteiger partial charge in [-0.25, -0.2) is 5.01 Å². The average Bonchev–Trinajstić information content (AvgIpc) is 2.44. The lowest BCUT2D eigenvalue weighted by Gasteiger charge is -2.31. The molecule has 0 aliphatic carbocycles. The van der Waals surface area contributed by atoms with Crippen molar-refractivity contribution in [3.8, 4) is 0 Å². The predicted molar refractivity (Wildman–Crippen MR) is 50.2 cm³/mol. The second kappa shape index (κ2) is 2.73. The second-order valence-electron chi connectivity index (χ2n) is 3.26. The summed E-state index contributed by atoms with van der Waals surface area (Å²) in [7, 11) is 3.48. The maximum Gasteiger partial charge on any atom is 0.266 e. The molecule has 0 bridgehead atoms. The number of hydrogen-bond donors (Lipinski definition) is 0. The molecule has 0 aromatic heterocycles. The van der Waals surface area contributed by atoms with Gasteiger partial charge in [-0.3, -0.25) is 4.79 Å².